The third-order valence-electron chi connectivity index (χ3n) is 2.74. The van der Waals surface area contributed by atoms with Crippen molar-refractivity contribution in [3.8, 4) is 0 Å². The van der Waals surface area contributed by atoms with Gasteiger partial charge in [0, 0.05) is 12.6 Å². The maximum absolute atomic E-state index is 5.89. The van der Waals surface area contributed by atoms with Gasteiger partial charge in [-0.3, -0.25) is 0 Å². The Kier molecular flexibility index (Phi) is 2.34. The molecule has 0 aliphatic heterocycles. The highest BCUT2D eigenvalue weighted by Gasteiger charge is 2.20. The lowest BCUT2D eigenvalue weighted by Crippen LogP contribution is -2.05. The van der Waals surface area contributed by atoms with E-state index in [1.54, 1.807) is 7.05 Å². The number of nitrogens with two attached hydrogens (primary N) is 1. The number of allylic oxidation sites excluding steroid dienone is 1. The number of rotatable bonds is 2. The summed E-state index contributed by atoms with van der Waals surface area (Å²) in [5.41, 5.74) is 9.30. The van der Waals surface area contributed by atoms with Gasteiger partial charge in [-0.1, -0.05) is 19.4 Å². The van der Waals surface area contributed by atoms with Crippen LogP contribution in [0.4, 0.5) is 11.8 Å². The molecule has 0 spiro atoms. The minimum Gasteiger partial charge on any atom is -0.383 e. The molecule has 3 N–H and O–H groups in total. The Morgan fingerprint density at radius 2 is 2.13 bits per heavy atom. The first-order valence-electron chi connectivity index (χ1n) is 5.16. The van der Waals surface area contributed by atoms with Gasteiger partial charge in [-0.25, -0.2) is 4.98 Å². The molecule has 0 saturated carbocycles. The molecule has 0 atom stereocenters. The fourth-order valence-corrected chi connectivity index (χ4v) is 1.73. The molecule has 0 unspecified atom stereocenters. The summed E-state index contributed by atoms with van der Waals surface area (Å²) in [5, 5.41) is 2.91. The zero-order chi connectivity index (χ0) is 11.0. The Bertz CT molecular complexity index is 421. The van der Waals surface area contributed by atoms with Gasteiger partial charge in [-0.05, 0) is 18.4 Å². The first-order valence-corrected chi connectivity index (χ1v) is 5.16. The number of aromatic nitrogens is 2. The largest absolute Gasteiger partial charge is 0.383 e. The molecule has 0 fully saturated rings. The maximum Gasteiger partial charge on any atom is 0.224 e. The summed E-state index contributed by atoms with van der Waals surface area (Å²) >= 11 is 0. The van der Waals surface area contributed by atoms with E-state index in [1.807, 2.05) is 0 Å². The Labute approximate surface area is 89.6 Å². The summed E-state index contributed by atoms with van der Waals surface area (Å²) < 4.78 is 0. The molecule has 1 aromatic rings. The highest BCUT2D eigenvalue weighted by atomic mass is 15.1. The van der Waals surface area contributed by atoms with Crippen LogP contribution in [0.25, 0.3) is 6.08 Å². The minimum atomic E-state index is 0.539. The number of anilines is 2. The van der Waals surface area contributed by atoms with Crippen LogP contribution in [0.15, 0.2) is 5.57 Å². The van der Waals surface area contributed by atoms with Crippen molar-refractivity contribution in [2.24, 2.45) is 5.92 Å². The van der Waals surface area contributed by atoms with Crippen LogP contribution in [-0.2, 0) is 6.42 Å². The summed E-state index contributed by atoms with van der Waals surface area (Å²) in [6.07, 6.45) is 3.02. The van der Waals surface area contributed by atoms with Crippen molar-refractivity contribution in [2.75, 3.05) is 18.1 Å². The molecule has 0 amide bonds. The van der Waals surface area contributed by atoms with Crippen molar-refractivity contribution >= 4 is 17.8 Å². The summed E-state index contributed by atoms with van der Waals surface area (Å²) in [6, 6.07) is 0. The monoisotopic (exact) mass is 204 g/mol. The summed E-state index contributed by atoms with van der Waals surface area (Å²) in [7, 11) is 1.79. The number of nitrogens with zero attached hydrogens (tertiary/aromatic N) is 2. The average molecular weight is 204 g/mol. The van der Waals surface area contributed by atoms with Crippen LogP contribution < -0.4 is 11.1 Å². The molecule has 1 aliphatic carbocycles. The van der Waals surface area contributed by atoms with Gasteiger partial charge >= 0.3 is 0 Å². The first-order chi connectivity index (χ1) is 7.11. The SMILES string of the molecule is CNc1nc(N)c2c(n1)C=C(C(C)C)C2. The van der Waals surface area contributed by atoms with E-state index in [9.17, 15) is 0 Å². The predicted octanol–water partition coefficient (Wildman–Crippen LogP) is 1.70. The molecule has 0 aromatic carbocycles. The molecule has 1 heterocycles. The zero-order valence-corrected chi connectivity index (χ0v) is 9.33. The van der Waals surface area contributed by atoms with Crippen LogP contribution in [0.3, 0.4) is 0 Å². The van der Waals surface area contributed by atoms with Crippen molar-refractivity contribution in [1.82, 2.24) is 9.97 Å². The molecule has 0 bridgehead atoms. The van der Waals surface area contributed by atoms with Crippen molar-refractivity contribution in [3.05, 3.63) is 16.8 Å². The van der Waals surface area contributed by atoms with E-state index in [4.69, 9.17) is 5.73 Å². The van der Waals surface area contributed by atoms with E-state index in [0.717, 1.165) is 17.7 Å². The standard InChI is InChI=1S/C11H16N4/c1-6(2)7-4-8-9(5-7)14-11(13-3)15-10(8)12/h5-6H,4H2,1-3H3,(H3,12,13,14,15). The number of hydrogen-bond donors (Lipinski definition) is 2. The van der Waals surface area contributed by atoms with Gasteiger partial charge in [0.1, 0.15) is 5.82 Å². The lowest BCUT2D eigenvalue weighted by Gasteiger charge is -2.06. The van der Waals surface area contributed by atoms with Gasteiger partial charge in [0.2, 0.25) is 5.95 Å². The van der Waals surface area contributed by atoms with Gasteiger partial charge in [0.25, 0.3) is 0 Å². The molecule has 4 nitrogen and oxygen atoms in total. The van der Waals surface area contributed by atoms with E-state index < -0.39 is 0 Å². The summed E-state index contributed by atoms with van der Waals surface area (Å²) in [6.45, 7) is 4.36. The first kappa shape index (κ1) is 9.96. The molecule has 4 heteroatoms. The number of hydrogen-bond acceptors (Lipinski definition) is 4. The topological polar surface area (TPSA) is 63.8 Å². The van der Waals surface area contributed by atoms with Gasteiger partial charge < -0.3 is 11.1 Å². The molecule has 1 aliphatic rings. The van der Waals surface area contributed by atoms with Crippen molar-refractivity contribution in [2.45, 2.75) is 20.3 Å². The molecule has 80 valence electrons. The second-order valence-corrected chi connectivity index (χ2v) is 4.10. The van der Waals surface area contributed by atoms with Crippen LogP contribution in [0.5, 0.6) is 0 Å². The second-order valence-electron chi connectivity index (χ2n) is 4.10. The van der Waals surface area contributed by atoms with Crippen molar-refractivity contribution in [3.63, 3.8) is 0 Å². The summed E-state index contributed by atoms with van der Waals surface area (Å²) in [4.78, 5) is 8.57. The maximum atomic E-state index is 5.89. The van der Waals surface area contributed by atoms with Crippen LogP contribution in [0.2, 0.25) is 0 Å². The Morgan fingerprint density at radius 3 is 2.73 bits per heavy atom. The van der Waals surface area contributed by atoms with Gasteiger partial charge in [-0.2, -0.15) is 4.98 Å². The van der Waals surface area contributed by atoms with E-state index in [0.29, 0.717) is 17.7 Å². The predicted molar refractivity (Wildman–Crippen MR) is 62.5 cm³/mol. The van der Waals surface area contributed by atoms with Gasteiger partial charge in [0.15, 0.2) is 0 Å². The minimum absolute atomic E-state index is 0.539. The average Bonchev–Trinajstić information content (AvgIpc) is 2.61. The van der Waals surface area contributed by atoms with Crippen LogP contribution in [-0.4, -0.2) is 17.0 Å². The fourth-order valence-electron chi connectivity index (χ4n) is 1.73. The lowest BCUT2D eigenvalue weighted by atomic mass is 10.0. The number of nitrogen functional groups attached to an aromatic ring is 1. The van der Waals surface area contributed by atoms with E-state index in [1.165, 1.54) is 5.57 Å². The highest BCUT2D eigenvalue weighted by Crippen LogP contribution is 2.31. The fraction of sp³-hybridized carbons (Fsp3) is 0.455. The molecule has 1 aromatic heterocycles. The van der Waals surface area contributed by atoms with E-state index in [2.05, 4.69) is 35.2 Å². The lowest BCUT2D eigenvalue weighted by molar-refractivity contribution is 0.754. The molecule has 15 heavy (non-hydrogen) atoms. The Balaban J connectivity index is 2.43. The van der Waals surface area contributed by atoms with Gasteiger partial charge in [0.05, 0.1) is 5.69 Å². The quantitative estimate of drug-likeness (QED) is 0.769. The summed E-state index contributed by atoms with van der Waals surface area (Å²) in [5.74, 6) is 1.72. The van der Waals surface area contributed by atoms with E-state index >= 15 is 0 Å². The van der Waals surface area contributed by atoms with Crippen molar-refractivity contribution in [1.29, 1.82) is 0 Å². The molecule has 0 saturated heterocycles. The molecular formula is C11H16N4. The molecule has 2 rings (SSSR count). The highest BCUT2D eigenvalue weighted by molar-refractivity contribution is 5.67. The number of fused-ring (bicyclic) bond motifs is 1. The smallest absolute Gasteiger partial charge is 0.224 e. The van der Waals surface area contributed by atoms with Crippen LogP contribution >= 0.6 is 0 Å². The normalized spacial score (nSPS) is 14.0. The zero-order valence-electron chi connectivity index (χ0n) is 9.33. The molecular weight excluding hydrogens is 188 g/mol. The van der Waals surface area contributed by atoms with E-state index in [-0.39, 0.29) is 0 Å². The Morgan fingerprint density at radius 1 is 1.40 bits per heavy atom. The number of nitrogens with one attached hydrogen (secondary N) is 1. The molecule has 0 radical (unpaired) electrons. The third kappa shape index (κ3) is 1.67. The van der Waals surface area contributed by atoms with Crippen LogP contribution in [0.1, 0.15) is 25.1 Å². The second kappa shape index (κ2) is 3.53. The third-order valence-corrected chi connectivity index (χ3v) is 2.74. The van der Waals surface area contributed by atoms with Crippen LogP contribution in [0, 0.1) is 5.92 Å². The van der Waals surface area contributed by atoms with Crippen molar-refractivity contribution < 1.29 is 0 Å². The Hall–Kier alpha value is -1.58. The van der Waals surface area contributed by atoms with Gasteiger partial charge in [-0.15, -0.1) is 0 Å².